The monoisotopic (exact) mass is 398 g/mol. The Hall–Kier alpha value is -3.00. The SMILES string of the molecule is CCOc1ccc(NC(=O)CSc2nnc(-c3cccc(OC)c3)n2C)cc1. The summed E-state index contributed by atoms with van der Waals surface area (Å²) >= 11 is 1.33. The van der Waals surface area contributed by atoms with Gasteiger partial charge in [-0.2, -0.15) is 0 Å². The molecule has 3 aromatic rings. The fourth-order valence-corrected chi connectivity index (χ4v) is 3.29. The Bertz CT molecular complexity index is 941. The Morgan fingerprint density at radius 3 is 2.64 bits per heavy atom. The van der Waals surface area contributed by atoms with Crippen molar-refractivity contribution in [2.24, 2.45) is 7.05 Å². The summed E-state index contributed by atoms with van der Waals surface area (Å²) in [6, 6.07) is 14.9. The third-order valence-corrected chi connectivity index (χ3v) is 4.96. The van der Waals surface area contributed by atoms with Crippen LogP contribution in [0.4, 0.5) is 5.69 Å². The van der Waals surface area contributed by atoms with Crippen molar-refractivity contribution in [2.75, 3.05) is 24.8 Å². The van der Waals surface area contributed by atoms with E-state index in [1.807, 2.05) is 67.1 Å². The largest absolute Gasteiger partial charge is 0.497 e. The summed E-state index contributed by atoms with van der Waals surface area (Å²) in [6.07, 6.45) is 0. The van der Waals surface area contributed by atoms with Crippen LogP contribution in [0.5, 0.6) is 11.5 Å². The maximum atomic E-state index is 12.2. The predicted molar refractivity (Wildman–Crippen MR) is 110 cm³/mol. The van der Waals surface area contributed by atoms with Crippen LogP contribution >= 0.6 is 11.8 Å². The molecule has 1 amide bonds. The second-order valence-electron chi connectivity index (χ2n) is 5.89. The van der Waals surface area contributed by atoms with Crippen LogP contribution in [0.15, 0.2) is 53.7 Å². The van der Waals surface area contributed by atoms with E-state index in [9.17, 15) is 4.79 Å². The predicted octanol–water partition coefficient (Wildman–Crippen LogP) is 3.62. The fourth-order valence-electron chi connectivity index (χ4n) is 2.58. The number of carbonyl (C=O) groups is 1. The van der Waals surface area contributed by atoms with Crippen LogP contribution in [0.3, 0.4) is 0 Å². The van der Waals surface area contributed by atoms with Crippen LogP contribution in [0, 0.1) is 0 Å². The standard InChI is InChI=1S/C20H22N4O3S/c1-4-27-16-10-8-15(9-11-16)21-18(25)13-28-20-23-22-19(24(20)2)14-6-5-7-17(12-14)26-3/h5-12H,4,13H2,1-3H3,(H,21,25). The molecule has 0 bridgehead atoms. The molecule has 0 fully saturated rings. The van der Waals surface area contributed by atoms with Gasteiger partial charge in [-0.15, -0.1) is 10.2 Å². The molecule has 7 nitrogen and oxygen atoms in total. The zero-order chi connectivity index (χ0) is 19.9. The lowest BCUT2D eigenvalue weighted by atomic mass is 10.2. The second-order valence-corrected chi connectivity index (χ2v) is 6.83. The van der Waals surface area contributed by atoms with Gasteiger partial charge in [0.15, 0.2) is 11.0 Å². The average Bonchev–Trinajstić information content (AvgIpc) is 3.08. The lowest BCUT2D eigenvalue weighted by Crippen LogP contribution is -2.14. The molecule has 2 aromatic carbocycles. The topological polar surface area (TPSA) is 78.3 Å². The number of hydrogen-bond donors (Lipinski definition) is 1. The van der Waals surface area contributed by atoms with Crippen molar-refractivity contribution in [3.8, 4) is 22.9 Å². The Balaban J connectivity index is 1.60. The Kier molecular flexibility index (Phi) is 6.54. The fraction of sp³-hybridized carbons (Fsp3) is 0.250. The second kappa shape index (κ2) is 9.27. The van der Waals surface area contributed by atoms with Crippen LogP contribution in [-0.4, -0.2) is 40.1 Å². The summed E-state index contributed by atoms with van der Waals surface area (Å²) in [5.74, 6) is 2.37. The van der Waals surface area contributed by atoms with Crippen LogP contribution in [0.1, 0.15) is 6.92 Å². The van der Waals surface area contributed by atoms with E-state index in [4.69, 9.17) is 9.47 Å². The van der Waals surface area contributed by atoms with Gasteiger partial charge in [-0.3, -0.25) is 4.79 Å². The molecule has 0 aliphatic rings. The van der Waals surface area contributed by atoms with E-state index in [2.05, 4.69) is 15.5 Å². The minimum atomic E-state index is -0.111. The van der Waals surface area contributed by atoms with Crippen LogP contribution in [0.2, 0.25) is 0 Å². The molecule has 1 aromatic heterocycles. The molecule has 0 aliphatic heterocycles. The van der Waals surface area contributed by atoms with Crippen molar-refractivity contribution in [3.05, 3.63) is 48.5 Å². The first kappa shape index (κ1) is 19.8. The number of benzene rings is 2. The molecule has 0 radical (unpaired) electrons. The number of methoxy groups -OCH3 is 1. The molecule has 146 valence electrons. The maximum absolute atomic E-state index is 12.2. The first-order valence-electron chi connectivity index (χ1n) is 8.80. The van der Waals surface area contributed by atoms with Gasteiger partial charge in [0.05, 0.1) is 19.5 Å². The normalized spacial score (nSPS) is 10.5. The zero-order valence-corrected chi connectivity index (χ0v) is 16.8. The minimum absolute atomic E-state index is 0.111. The molecule has 28 heavy (non-hydrogen) atoms. The number of carbonyl (C=O) groups excluding carboxylic acids is 1. The Morgan fingerprint density at radius 1 is 1.14 bits per heavy atom. The van der Waals surface area contributed by atoms with E-state index in [-0.39, 0.29) is 11.7 Å². The van der Waals surface area contributed by atoms with Gasteiger partial charge in [-0.05, 0) is 43.3 Å². The van der Waals surface area contributed by atoms with E-state index in [1.54, 1.807) is 7.11 Å². The van der Waals surface area contributed by atoms with E-state index in [0.717, 1.165) is 22.7 Å². The van der Waals surface area contributed by atoms with E-state index >= 15 is 0 Å². The van der Waals surface area contributed by atoms with Gasteiger partial charge in [0.1, 0.15) is 11.5 Å². The molecule has 0 spiro atoms. The summed E-state index contributed by atoms with van der Waals surface area (Å²) < 4.78 is 12.5. The maximum Gasteiger partial charge on any atom is 0.234 e. The summed E-state index contributed by atoms with van der Waals surface area (Å²) in [5, 5.41) is 12.0. The molecule has 0 atom stereocenters. The highest BCUT2D eigenvalue weighted by Gasteiger charge is 2.13. The number of rotatable bonds is 8. The Labute approximate surface area is 168 Å². The molecule has 0 aliphatic carbocycles. The summed E-state index contributed by atoms with van der Waals surface area (Å²) in [5.41, 5.74) is 1.63. The number of nitrogens with zero attached hydrogens (tertiary/aromatic N) is 3. The van der Waals surface area contributed by atoms with Crippen LogP contribution in [-0.2, 0) is 11.8 Å². The van der Waals surface area contributed by atoms with Crippen molar-refractivity contribution in [3.63, 3.8) is 0 Å². The van der Waals surface area contributed by atoms with Crippen molar-refractivity contribution in [2.45, 2.75) is 12.1 Å². The van der Waals surface area contributed by atoms with Gasteiger partial charge in [0.2, 0.25) is 5.91 Å². The molecule has 0 unspecified atom stereocenters. The lowest BCUT2D eigenvalue weighted by Gasteiger charge is -2.07. The average molecular weight is 398 g/mol. The van der Waals surface area contributed by atoms with Gasteiger partial charge in [-0.25, -0.2) is 0 Å². The number of aromatic nitrogens is 3. The summed E-state index contributed by atoms with van der Waals surface area (Å²) in [6.45, 7) is 2.54. The van der Waals surface area contributed by atoms with Gasteiger partial charge < -0.3 is 19.4 Å². The third-order valence-electron chi connectivity index (χ3n) is 3.94. The molecule has 1 heterocycles. The van der Waals surface area contributed by atoms with Crippen molar-refractivity contribution in [1.29, 1.82) is 0 Å². The molecule has 0 saturated heterocycles. The van der Waals surface area contributed by atoms with Crippen molar-refractivity contribution >= 4 is 23.4 Å². The van der Waals surface area contributed by atoms with Gasteiger partial charge in [0.25, 0.3) is 0 Å². The highest BCUT2D eigenvalue weighted by molar-refractivity contribution is 7.99. The van der Waals surface area contributed by atoms with E-state index < -0.39 is 0 Å². The minimum Gasteiger partial charge on any atom is -0.497 e. The third kappa shape index (κ3) is 4.83. The molecule has 0 saturated carbocycles. The molecule has 8 heteroatoms. The van der Waals surface area contributed by atoms with Gasteiger partial charge in [-0.1, -0.05) is 23.9 Å². The van der Waals surface area contributed by atoms with Crippen LogP contribution < -0.4 is 14.8 Å². The molecular formula is C20H22N4O3S. The summed E-state index contributed by atoms with van der Waals surface area (Å²) in [4.78, 5) is 12.2. The zero-order valence-electron chi connectivity index (χ0n) is 16.0. The molecular weight excluding hydrogens is 376 g/mol. The first-order valence-corrected chi connectivity index (χ1v) is 9.78. The van der Waals surface area contributed by atoms with E-state index in [0.29, 0.717) is 17.6 Å². The van der Waals surface area contributed by atoms with E-state index in [1.165, 1.54) is 11.8 Å². The lowest BCUT2D eigenvalue weighted by molar-refractivity contribution is -0.113. The smallest absolute Gasteiger partial charge is 0.234 e. The van der Waals surface area contributed by atoms with Crippen molar-refractivity contribution < 1.29 is 14.3 Å². The number of nitrogens with one attached hydrogen (secondary N) is 1. The number of ether oxygens (including phenoxy) is 2. The van der Waals surface area contributed by atoms with Crippen molar-refractivity contribution in [1.82, 2.24) is 14.8 Å². The quantitative estimate of drug-likeness (QED) is 0.584. The van der Waals surface area contributed by atoms with Crippen LogP contribution in [0.25, 0.3) is 11.4 Å². The number of thioether (sulfide) groups is 1. The Morgan fingerprint density at radius 2 is 1.93 bits per heavy atom. The molecule has 3 rings (SSSR count). The highest BCUT2D eigenvalue weighted by atomic mass is 32.2. The first-order chi connectivity index (χ1) is 13.6. The number of hydrogen-bond acceptors (Lipinski definition) is 6. The summed E-state index contributed by atoms with van der Waals surface area (Å²) in [7, 11) is 3.50. The highest BCUT2D eigenvalue weighted by Crippen LogP contribution is 2.25. The number of amides is 1. The number of anilines is 1. The van der Waals surface area contributed by atoms with Gasteiger partial charge >= 0.3 is 0 Å². The van der Waals surface area contributed by atoms with Gasteiger partial charge in [0, 0.05) is 18.3 Å². The molecule has 1 N–H and O–H groups in total.